The van der Waals surface area contributed by atoms with Gasteiger partial charge >= 0.3 is 12.1 Å². The predicted octanol–water partition coefficient (Wildman–Crippen LogP) is 4.14. The molecule has 1 saturated carbocycles. The van der Waals surface area contributed by atoms with Crippen molar-refractivity contribution in [2.75, 3.05) is 20.2 Å². The average Bonchev–Trinajstić information content (AvgIpc) is 3.14. The molecule has 2 aromatic rings. The Morgan fingerprint density at radius 1 is 1.09 bits per heavy atom. The minimum absolute atomic E-state index is 0.289. The van der Waals surface area contributed by atoms with Gasteiger partial charge in [0.15, 0.2) is 0 Å². The van der Waals surface area contributed by atoms with Crippen molar-refractivity contribution >= 4 is 5.97 Å². The molecule has 1 aliphatic heterocycles. The van der Waals surface area contributed by atoms with Crippen LogP contribution in [0.15, 0.2) is 48.5 Å². The molecule has 2 fully saturated rings. The van der Waals surface area contributed by atoms with E-state index in [1.54, 1.807) is 30.3 Å². The number of hydrogen-bond acceptors (Lipinski definition) is 5. The number of carbonyl (C=O) groups excluding carboxylic acids is 1. The fourth-order valence-corrected chi connectivity index (χ4v) is 4.81. The van der Waals surface area contributed by atoms with Crippen LogP contribution in [-0.4, -0.2) is 48.4 Å². The molecule has 0 spiro atoms. The molecule has 0 bridgehead atoms. The number of alkyl halides is 3. The SMILES string of the molecule is COC(=O)c1ccc(O[C@H]2C[C@@H]3CN(Cc4cccc(C(F)(F)F)c4)C[C@@H]3C[C@@H]2O)cc1. The van der Waals surface area contributed by atoms with Gasteiger partial charge in [-0.05, 0) is 60.6 Å². The van der Waals surface area contributed by atoms with E-state index in [4.69, 9.17) is 4.74 Å². The van der Waals surface area contributed by atoms with Crippen molar-refractivity contribution in [2.24, 2.45) is 11.8 Å². The molecule has 0 radical (unpaired) electrons. The molecule has 4 atom stereocenters. The highest BCUT2D eigenvalue weighted by molar-refractivity contribution is 5.89. The Hall–Kier alpha value is -2.58. The van der Waals surface area contributed by atoms with E-state index < -0.39 is 23.8 Å². The molecule has 1 saturated heterocycles. The quantitative estimate of drug-likeness (QED) is 0.696. The lowest BCUT2D eigenvalue weighted by molar-refractivity contribution is -0.137. The topological polar surface area (TPSA) is 59.0 Å². The number of aliphatic hydroxyl groups is 1. The molecule has 1 N–H and O–H groups in total. The number of carbonyl (C=O) groups is 1. The van der Waals surface area contributed by atoms with Gasteiger partial charge in [0.05, 0.1) is 24.3 Å². The third-order valence-corrected chi connectivity index (χ3v) is 6.38. The van der Waals surface area contributed by atoms with Gasteiger partial charge in [0.25, 0.3) is 0 Å². The van der Waals surface area contributed by atoms with Crippen LogP contribution in [0.1, 0.15) is 34.3 Å². The molecule has 4 rings (SSSR count). The maximum Gasteiger partial charge on any atom is 0.416 e. The second-order valence-corrected chi connectivity index (χ2v) is 8.62. The van der Waals surface area contributed by atoms with E-state index in [1.807, 2.05) is 0 Å². The van der Waals surface area contributed by atoms with E-state index in [1.165, 1.54) is 19.2 Å². The maximum atomic E-state index is 13.0. The van der Waals surface area contributed by atoms with Crippen molar-refractivity contribution in [3.05, 3.63) is 65.2 Å². The Bertz CT molecular complexity index is 947. The summed E-state index contributed by atoms with van der Waals surface area (Å²) in [5.74, 6) is 0.740. The van der Waals surface area contributed by atoms with E-state index in [0.717, 1.165) is 19.2 Å². The van der Waals surface area contributed by atoms with Crippen molar-refractivity contribution < 1.29 is 32.5 Å². The highest BCUT2D eigenvalue weighted by Crippen LogP contribution is 2.39. The molecule has 0 unspecified atom stereocenters. The highest BCUT2D eigenvalue weighted by Gasteiger charge is 2.42. The van der Waals surface area contributed by atoms with Gasteiger partial charge in [-0.25, -0.2) is 4.79 Å². The third kappa shape index (κ3) is 5.07. The maximum absolute atomic E-state index is 13.0. The normalized spacial score (nSPS) is 25.9. The van der Waals surface area contributed by atoms with Gasteiger partial charge in [-0.3, -0.25) is 4.90 Å². The molecule has 8 heteroatoms. The molecule has 2 aliphatic rings. The number of ether oxygens (including phenoxy) is 2. The van der Waals surface area contributed by atoms with Crippen LogP contribution in [0.5, 0.6) is 5.75 Å². The molecule has 172 valence electrons. The highest BCUT2D eigenvalue weighted by atomic mass is 19.4. The van der Waals surface area contributed by atoms with Crippen LogP contribution >= 0.6 is 0 Å². The van der Waals surface area contributed by atoms with Gasteiger partial charge in [-0.1, -0.05) is 18.2 Å². The summed E-state index contributed by atoms with van der Waals surface area (Å²) >= 11 is 0. The van der Waals surface area contributed by atoms with Crippen molar-refractivity contribution in [1.82, 2.24) is 4.90 Å². The van der Waals surface area contributed by atoms with E-state index in [2.05, 4.69) is 9.64 Å². The van der Waals surface area contributed by atoms with Crippen LogP contribution in [0.25, 0.3) is 0 Å². The van der Waals surface area contributed by atoms with E-state index >= 15 is 0 Å². The number of aliphatic hydroxyl groups excluding tert-OH is 1. The van der Waals surface area contributed by atoms with Crippen LogP contribution in [-0.2, 0) is 17.5 Å². The lowest BCUT2D eigenvalue weighted by atomic mass is 9.78. The lowest BCUT2D eigenvalue weighted by Crippen LogP contribution is -2.42. The van der Waals surface area contributed by atoms with Gasteiger partial charge in [-0.2, -0.15) is 13.2 Å². The third-order valence-electron chi connectivity index (χ3n) is 6.38. The molecular formula is C24H26F3NO4. The van der Waals surface area contributed by atoms with Crippen molar-refractivity contribution in [3.63, 3.8) is 0 Å². The molecule has 32 heavy (non-hydrogen) atoms. The zero-order chi connectivity index (χ0) is 22.9. The molecule has 2 aromatic carbocycles. The fraction of sp³-hybridized carbons (Fsp3) is 0.458. The first kappa shape index (κ1) is 22.6. The van der Waals surface area contributed by atoms with Crippen molar-refractivity contribution in [3.8, 4) is 5.75 Å². The van der Waals surface area contributed by atoms with Gasteiger partial charge in [0.2, 0.25) is 0 Å². The largest absolute Gasteiger partial charge is 0.488 e. The van der Waals surface area contributed by atoms with Crippen molar-refractivity contribution in [1.29, 1.82) is 0 Å². The summed E-state index contributed by atoms with van der Waals surface area (Å²) in [6.07, 6.45) is -4.07. The number of hydrogen-bond donors (Lipinski definition) is 1. The van der Waals surface area contributed by atoms with E-state index in [9.17, 15) is 23.1 Å². The summed E-state index contributed by atoms with van der Waals surface area (Å²) in [6, 6.07) is 12.1. The van der Waals surface area contributed by atoms with Crippen LogP contribution in [0, 0.1) is 11.8 Å². The minimum atomic E-state index is -4.35. The smallest absolute Gasteiger partial charge is 0.416 e. The number of fused-ring (bicyclic) bond motifs is 1. The number of halogens is 3. The van der Waals surface area contributed by atoms with E-state index in [-0.39, 0.29) is 12.0 Å². The fourth-order valence-electron chi connectivity index (χ4n) is 4.81. The van der Waals surface area contributed by atoms with Crippen LogP contribution in [0.3, 0.4) is 0 Å². The van der Waals surface area contributed by atoms with Crippen molar-refractivity contribution in [2.45, 2.75) is 37.8 Å². The number of likely N-dealkylation sites (tertiary alicyclic amines) is 1. The molecule has 0 amide bonds. The standard InChI is InChI=1S/C24H26F3NO4/c1-31-23(30)16-5-7-20(8-6-16)32-22-11-18-14-28(13-17(18)10-21(22)29)12-15-3-2-4-19(9-15)24(25,26)27/h2-9,17-18,21-22,29H,10-14H2,1H3/t17-,18+,21-,22-/m0/s1. The van der Waals surface area contributed by atoms with Gasteiger partial charge in [0.1, 0.15) is 11.9 Å². The summed E-state index contributed by atoms with van der Waals surface area (Å²) in [6.45, 7) is 1.96. The van der Waals surface area contributed by atoms with Gasteiger partial charge in [-0.15, -0.1) is 0 Å². The van der Waals surface area contributed by atoms with Gasteiger partial charge in [0, 0.05) is 19.6 Å². The summed E-state index contributed by atoms with van der Waals surface area (Å²) < 4.78 is 49.7. The summed E-state index contributed by atoms with van der Waals surface area (Å²) in [5.41, 5.74) is 0.427. The minimum Gasteiger partial charge on any atom is -0.488 e. The number of nitrogens with zero attached hydrogens (tertiary/aromatic N) is 1. The number of esters is 1. The van der Waals surface area contributed by atoms with Crippen LogP contribution in [0.4, 0.5) is 13.2 Å². The molecular weight excluding hydrogens is 423 g/mol. The first-order chi connectivity index (χ1) is 15.2. The second-order valence-electron chi connectivity index (χ2n) is 8.62. The lowest BCUT2D eigenvalue weighted by Gasteiger charge is -2.35. The first-order valence-electron chi connectivity index (χ1n) is 10.6. The zero-order valence-electron chi connectivity index (χ0n) is 17.7. The molecule has 5 nitrogen and oxygen atoms in total. The van der Waals surface area contributed by atoms with Gasteiger partial charge < -0.3 is 14.6 Å². The summed E-state index contributed by atoms with van der Waals surface area (Å²) in [4.78, 5) is 13.7. The molecule has 1 heterocycles. The first-order valence-corrected chi connectivity index (χ1v) is 10.6. The Labute approximate surface area is 184 Å². The Morgan fingerprint density at radius 3 is 2.44 bits per heavy atom. The van der Waals surface area contributed by atoms with Crippen LogP contribution in [0.2, 0.25) is 0 Å². The average molecular weight is 449 g/mol. The van der Waals surface area contributed by atoms with E-state index in [0.29, 0.717) is 42.2 Å². The summed E-state index contributed by atoms with van der Waals surface area (Å²) in [7, 11) is 1.32. The Kier molecular flexibility index (Phi) is 6.44. The predicted molar refractivity (Wildman–Crippen MR) is 111 cm³/mol. The number of rotatable bonds is 5. The molecule has 0 aromatic heterocycles. The Morgan fingerprint density at radius 2 is 1.78 bits per heavy atom. The number of methoxy groups -OCH3 is 1. The zero-order valence-corrected chi connectivity index (χ0v) is 17.7. The van der Waals surface area contributed by atoms with Crippen LogP contribution < -0.4 is 4.74 Å². The molecule has 1 aliphatic carbocycles. The number of benzene rings is 2. The Balaban J connectivity index is 1.36. The summed E-state index contributed by atoms with van der Waals surface area (Å²) in [5, 5.41) is 10.6. The monoisotopic (exact) mass is 449 g/mol. The second kappa shape index (κ2) is 9.11.